The Kier molecular flexibility index (Phi) is 3.52. The van der Waals surface area contributed by atoms with Gasteiger partial charge < -0.3 is 5.11 Å². The Hall–Kier alpha value is -1.39. The lowest BCUT2D eigenvalue weighted by Gasteiger charge is -2.37. The fourth-order valence-corrected chi connectivity index (χ4v) is 4.00. The zero-order valence-electron chi connectivity index (χ0n) is 11.6. The molecule has 3 nitrogen and oxygen atoms in total. The zero-order chi connectivity index (χ0) is 14.2. The monoisotopic (exact) mass is 289 g/mol. The van der Waals surface area contributed by atoms with Gasteiger partial charge in [-0.3, -0.25) is 9.69 Å². The molecular formula is C16H19NO2S. The third-order valence-electron chi connectivity index (χ3n) is 4.25. The van der Waals surface area contributed by atoms with Crippen molar-refractivity contribution in [2.75, 3.05) is 13.1 Å². The quantitative estimate of drug-likeness (QED) is 0.938. The summed E-state index contributed by atoms with van der Waals surface area (Å²) < 4.78 is 1.31. The molecule has 20 heavy (non-hydrogen) atoms. The highest BCUT2D eigenvalue weighted by atomic mass is 32.1. The normalized spacial score (nSPS) is 24.1. The van der Waals surface area contributed by atoms with Crippen molar-refractivity contribution in [3.05, 3.63) is 35.2 Å². The van der Waals surface area contributed by atoms with Crippen molar-refractivity contribution in [1.29, 1.82) is 0 Å². The van der Waals surface area contributed by atoms with E-state index in [9.17, 15) is 9.90 Å². The number of hydrogen-bond acceptors (Lipinski definition) is 3. The van der Waals surface area contributed by atoms with Crippen LogP contribution >= 0.6 is 11.3 Å². The number of carbonyl (C=O) groups is 1. The lowest BCUT2D eigenvalue weighted by atomic mass is 9.82. The highest BCUT2D eigenvalue weighted by Crippen LogP contribution is 2.32. The minimum atomic E-state index is -0.669. The first-order valence-electron chi connectivity index (χ1n) is 6.99. The lowest BCUT2D eigenvalue weighted by molar-refractivity contribution is -0.151. The molecule has 0 radical (unpaired) electrons. The SMILES string of the molecule is CC1(C(=O)O)CCCN(Cc2csc3ccccc23)C1. The minimum absolute atomic E-state index is 0.593. The van der Waals surface area contributed by atoms with Gasteiger partial charge in [0, 0.05) is 17.8 Å². The topological polar surface area (TPSA) is 40.5 Å². The molecule has 1 unspecified atom stereocenters. The largest absolute Gasteiger partial charge is 0.481 e. The number of carboxylic acids is 1. The third-order valence-corrected chi connectivity index (χ3v) is 5.26. The zero-order valence-corrected chi connectivity index (χ0v) is 12.4. The highest BCUT2D eigenvalue weighted by Gasteiger charge is 2.37. The lowest BCUT2D eigenvalue weighted by Crippen LogP contribution is -2.45. The molecule has 106 valence electrons. The van der Waals surface area contributed by atoms with E-state index in [0.29, 0.717) is 6.54 Å². The molecule has 1 fully saturated rings. The first kappa shape index (κ1) is 13.6. The molecule has 3 rings (SSSR count). The van der Waals surface area contributed by atoms with Gasteiger partial charge in [0.25, 0.3) is 0 Å². The Balaban J connectivity index is 1.79. The Bertz CT molecular complexity index is 636. The van der Waals surface area contributed by atoms with E-state index in [1.165, 1.54) is 15.6 Å². The Labute approximate surface area is 122 Å². The second kappa shape index (κ2) is 5.19. The first-order chi connectivity index (χ1) is 9.58. The predicted octanol–water partition coefficient (Wildman–Crippen LogP) is 3.59. The fourth-order valence-electron chi connectivity index (χ4n) is 3.05. The number of piperidine rings is 1. The van der Waals surface area contributed by atoms with Gasteiger partial charge in [0.05, 0.1) is 5.41 Å². The van der Waals surface area contributed by atoms with Gasteiger partial charge in [-0.15, -0.1) is 11.3 Å². The van der Waals surface area contributed by atoms with Crippen molar-refractivity contribution >= 4 is 27.4 Å². The van der Waals surface area contributed by atoms with Crippen LogP contribution in [0.5, 0.6) is 0 Å². The molecular weight excluding hydrogens is 270 g/mol. The van der Waals surface area contributed by atoms with Crippen LogP contribution in [0.15, 0.2) is 29.6 Å². The maximum Gasteiger partial charge on any atom is 0.310 e. The molecule has 4 heteroatoms. The van der Waals surface area contributed by atoms with Gasteiger partial charge in [-0.05, 0) is 48.7 Å². The summed E-state index contributed by atoms with van der Waals surface area (Å²) in [7, 11) is 0. The highest BCUT2D eigenvalue weighted by molar-refractivity contribution is 7.17. The summed E-state index contributed by atoms with van der Waals surface area (Å²) in [5, 5.41) is 12.9. The van der Waals surface area contributed by atoms with Crippen molar-refractivity contribution in [1.82, 2.24) is 4.90 Å². The predicted molar refractivity (Wildman–Crippen MR) is 82.1 cm³/mol. The van der Waals surface area contributed by atoms with Crippen molar-refractivity contribution in [3.63, 3.8) is 0 Å². The number of benzene rings is 1. The standard InChI is InChI=1S/C16H19NO2S/c1-16(15(18)19)7-4-8-17(11-16)9-12-10-20-14-6-3-2-5-13(12)14/h2-3,5-6,10H,4,7-9,11H2,1H3,(H,18,19). The van der Waals surface area contributed by atoms with Crippen LogP contribution in [0.2, 0.25) is 0 Å². The van der Waals surface area contributed by atoms with Crippen LogP contribution < -0.4 is 0 Å². The van der Waals surface area contributed by atoms with Crippen LogP contribution in [0.25, 0.3) is 10.1 Å². The fraction of sp³-hybridized carbons (Fsp3) is 0.438. The van der Waals surface area contributed by atoms with E-state index >= 15 is 0 Å². The second-order valence-electron chi connectivity index (χ2n) is 5.94. The van der Waals surface area contributed by atoms with Crippen molar-refractivity contribution < 1.29 is 9.90 Å². The molecule has 1 saturated heterocycles. The number of fused-ring (bicyclic) bond motifs is 1. The van der Waals surface area contributed by atoms with E-state index in [4.69, 9.17) is 0 Å². The van der Waals surface area contributed by atoms with Crippen molar-refractivity contribution in [2.24, 2.45) is 5.41 Å². The minimum Gasteiger partial charge on any atom is -0.481 e. The van der Waals surface area contributed by atoms with E-state index in [2.05, 4.69) is 34.5 Å². The molecule has 2 aromatic rings. The van der Waals surface area contributed by atoms with Gasteiger partial charge in [0.15, 0.2) is 0 Å². The molecule has 0 amide bonds. The van der Waals surface area contributed by atoms with Crippen molar-refractivity contribution in [2.45, 2.75) is 26.3 Å². The van der Waals surface area contributed by atoms with Crippen LogP contribution in [0.1, 0.15) is 25.3 Å². The van der Waals surface area contributed by atoms with Gasteiger partial charge >= 0.3 is 5.97 Å². The number of carboxylic acid groups (broad SMARTS) is 1. The number of hydrogen-bond donors (Lipinski definition) is 1. The number of aliphatic carboxylic acids is 1. The van der Waals surface area contributed by atoms with E-state index in [1.807, 2.05) is 6.92 Å². The van der Waals surface area contributed by atoms with E-state index < -0.39 is 11.4 Å². The van der Waals surface area contributed by atoms with Gasteiger partial charge in [-0.1, -0.05) is 18.2 Å². The van der Waals surface area contributed by atoms with Crippen LogP contribution in [0, 0.1) is 5.41 Å². The molecule has 1 N–H and O–H groups in total. The molecule has 0 bridgehead atoms. The number of thiophene rings is 1. The van der Waals surface area contributed by atoms with Crippen LogP contribution in [-0.4, -0.2) is 29.1 Å². The molecule has 1 atom stereocenters. The summed E-state index contributed by atoms with van der Waals surface area (Å²) in [6.45, 7) is 4.36. The van der Waals surface area contributed by atoms with Gasteiger partial charge in [0.1, 0.15) is 0 Å². The van der Waals surface area contributed by atoms with Crippen molar-refractivity contribution in [3.8, 4) is 0 Å². The number of nitrogens with zero attached hydrogens (tertiary/aromatic N) is 1. The summed E-state index contributed by atoms with van der Waals surface area (Å²) in [4.78, 5) is 13.7. The molecule has 0 aliphatic carbocycles. The molecule has 2 heterocycles. The Morgan fingerprint density at radius 1 is 1.45 bits per heavy atom. The van der Waals surface area contributed by atoms with E-state index in [1.54, 1.807) is 11.3 Å². The molecule has 1 aromatic carbocycles. The molecule has 0 spiro atoms. The maximum absolute atomic E-state index is 11.4. The summed E-state index contributed by atoms with van der Waals surface area (Å²) in [6.07, 6.45) is 1.74. The average Bonchev–Trinajstić information content (AvgIpc) is 2.82. The second-order valence-corrected chi connectivity index (χ2v) is 6.85. The summed E-state index contributed by atoms with van der Waals surface area (Å²) in [5.74, 6) is -0.669. The van der Waals surface area contributed by atoms with E-state index in [-0.39, 0.29) is 0 Å². The number of likely N-dealkylation sites (tertiary alicyclic amines) is 1. The molecule has 1 aromatic heterocycles. The summed E-state index contributed by atoms with van der Waals surface area (Å²) >= 11 is 1.77. The Morgan fingerprint density at radius 2 is 2.25 bits per heavy atom. The maximum atomic E-state index is 11.4. The first-order valence-corrected chi connectivity index (χ1v) is 7.87. The molecule has 1 aliphatic rings. The van der Waals surface area contributed by atoms with Crippen LogP contribution in [0.3, 0.4) is 0 Å². The molecule has 1 aliphatic heterocycles. The smallest absolute Gasteiger partial charge is 0.310 e. The summed E-state index contributed by atoms with van der Waals surface area (Å²) in [6, 6.07) is 8.42. The van der Waals surface area contributed by atoms with Gasteiger partial charge in [0.2, 0.25) is 0 Å². The molecule has 0 saturated carbocycles. The Morgan fingerprint density at radius 3 is 3.05 bits per heavy atom. The number of rotatable bonds is 3. The van der Waals surface area contributed by atoms with Crippen LogP contribution in [0.4, 0.5) is 0 Å². The van der Waals surface area contributed by atoms with Gasteiger partial charge in [-0.25, -0.2) is 0 Å². The van der Waals surface area contributed by atoms with Crippen LogP contribution in [-0.2, 0) is 11.3 Å². The summed E-state index contributed by atoms with van der Waals surface area (Å²) in [5.41, 5.74) is 0.726. The average molecular weight is 289 g/mol. The van der Waals surface area contributed by atoms with E-state index in [0.717, 1.165) is 25.9 Å². The third kappa shape index (κ3) is 2.45. The van der Waals surface area contributed by atoms with Gasteiger partial charge in [-0.2, -0.15) is 0 Å².